The molecule has 0 fully saturated rings. The van der Waals surface area contributed by atoms with E-state index < -0.39 is 11.4 Å². The van der Waals surface area contributed by atoms with Crippen LogP contribution in [0, 0.1) is 5.41 Å². The first-order valence-electron chi connectivity index (χ1n) is 5.47. The molecule has 2 N–H and O–H groups in total. The van der Waals surface area contributed by atoms with Crippen molar-refractivity contribution < 1.29 is 24.2 Å². The Balaban J connectivity index is 3.63. The SMILES string of the molecule is COCCOCCNC(=O)CC(C)(C)C(=O)O. The highest BCUT2D eigenvalue weighted by Crippen LogP contribution is 2.19. The Morgan fingerprint density at radius 1 is 1.24 bits per heavy atom. The van der Waals surface area contributed by atoms with Crippen LogP contribution in [0.5, 0.6) is 0 Å². The Bertz CT molecular complexity index is 252. The van der Waals surface area contributed by atoms with Gasteiger partial charge in [0.1, 0.15) is 0 Å². The summed E-state index contributed by atoms with van der Waals surface area (Å²) in [6.45, 7) is 4.79. The van der Waals surface area contributed by atoms with Crippen LogP contribution >= 0.6 is 0 Å². The third-order valence-corrected chi connectivity index (χ3v) is 2.18. The van der Waals surface area contributed by atoms with Gasteiger partial charge in [-0.05, 0) is 13.8 Å². The number of rotatable bonds is 9. The monoisotopic (exact) mass is 247 g/mol. The fourth-order valence-electron chi connectivity index (χ4n) is 1.05. The molecule has 6 heteroatoms. The van der Waals surface area contributed by atoms with Crippen LogP contribution in [-0.4, -0.2) is 50.5 Å². The van der Waals surface area contributed by atoms with Crippen LogP contribution in [-0.2, 0) is 19.1 Å². The summed E-state index contributed by atoms with van der Waals surface area (Å²) in [5.41, 5.74) is -1.04. The van der Waals surface area contributed by atoms with E-state index in [0.717, 1.165) is 0 Å². The Morgan fingerprint density at radius 3 is 2.41 bits per heavy atom. The highest BCUT2D eigenvalue weighted by molar-refractivity contribution is 5.84. The molecular weight excluding hydrogens is 226 g/mol. The molecule has 0 saturated carbocycles. The van der Waals surface area contributed by atoms with Crippen LogP contribution in [0.1, 0.15) is 20.3 Å². The Labute approximate surface area is 101 Å². The normalized spacial score (nSPS) is 11.2. The van der Waals surface area contributed by atoms with Gasteiger partial charge in [-0.15, -0.1) is 0 Å². The predicted octanol–water partition coefficient (Wildman–Crippen LogP) is 0.266. The molecule has 0 heterocycles. The van der Waals surface area contributed by atoms with Crippen LogP contribution in [0.15, 0.2) is 0 Å². The van der Waals surface area contributed by atoms with Gasteiger partial charge in [-0.3, -0.25) is 9.59 Å². The lowest BCUT2D eigenvalue weighted by Gasteiger charge is -2.18. The van der Waals surface area contributed by atoms with Crippen LogP contribution in [0.3, 0.4) is 0 Å². The molecule has 0 rings (SSSR count). The highest BCUT2D eigenvalue weighted by Gasteiger charge is 2.29. The van der Waals surface area contributed by atoms with Gasteiger partial charge in [-0.25, -0.2) is 0 Å². The van der Waals surface area contributed by atoms with E-state index in [4.69, 9.17) is 14.6 Å². The molecule has 17 heavy (non-hydrogen) atoms. The number of amides is 1. The minimum atomic E-state index is -1.04. The minimum absolute atomic E-state index is 0.0413. The number of ether oxygens (including phenoxy) is 2. The third-order valence-electron chi connectivity index (χ3n) is 2.18. The van der Waals surface area contributed by atoms with E-state index in [1.54, 1.807) is 7.11 Å². The van der Waals surface area contributed by atoms with E-state index in [0.29, 0.717) is 26.4 Å². The maximum Gasteiger partial charge on any atom is 0.309 e. The number of nitrogens with one attached hydrogen (secondary N) is 1. The molecule has 0 unspecified atom stereocenters. The summed E-state index contributed by atoms with van der Waals surface area (Å²) in [5, 5.41) is 11.4. The van der Waals surface area contributed by atoms with Crippen molar-refractivity contribution in [3.8, 4) is 0 Å². The zero-order chi connectivity index (χ0) is 13.3. The van der Waals surface area contributed by atoms with Gasteiger partial charge in [0.2, 0.25) is 5.91 Å². The van der Waals surface area contributed by atoms with E-state index in [2.05, 4.69) is 5.32 Å². The number of carbonyl (C=O) groups excluding carboxylic acids is 1. The first-order chi connectivity index (χ1) is 7.90. The quantitative estimate of drug-likeness (QED) is 0.571. The topological polar surface area (TPSA) is 84.9 Å². The summed E-state index contributed by atoms with van der Waals surface area (Å²) in [6, 6.07) is 0. The summed E-state index contributed by atoms with van der Waals surface area (Å²) in [4.78, 5) is 22.2. The molecular formula is C11H21NO5. The molecule has 0 aliphatic heterocycles. The second-order valence-electron chi connectivity index (χ2n) is 4.32. The minimum Gasteiger partial charge on any atom is -0.481 e. The van der Waals surface area contributed by atoms with Crippen LogP contribution < -0.4 is 5.32 Å². The second kappa shape index (κ2) is 8.03. The molecule has 0 aromatic carbocycles. The zero-order valence-corrected chi connectivity index (χ0v) is 10.6. The van der Waals surface area contributed by atoms with Gasteiger partial charge in [-0.1, -0.05) is 0 Å². The van der Waals surface area contributed by atoms with Crippen molar-refractivity contribution >= 4 is 11.9 Å². The van der Waals surface area contributed by atoms with Crippen molar-refractivity contribution in [1.29, 1.82) is 0 Å². The lowest BCUT2D eigenvalue weighted by molar-refractivity contribution is -0.149. The molecule has 0 aliphatic carbocycles. The summed E-state index contributed by atoms with van der Waals surface area (Å²) in [6.07, 6.45) is -0.0413. The fraction of sp³-hybridized carbons (Fsp3) is 0.818. The molecule has 0 bridgehead atoms. The van der Waals surface area contributed by atoms with E-state index in [1.807, 2.05) is 0 Å². The molecule has 0 aromatic heterocycles. The van der Waals surface area contributed by atoms with Crippen molar-refractivity contribution in [3.05, 3.63) is 0 Å². The Hall–Kier alpha value is -1.14. The molecule has 0 spiro atoms. The number of carboxylic acids is 1. The van der Waals surface area contributed by atoms with Crippen molar-refractivity contribution in [3.63, 3.8) is 0 Å². The van der Waals surface area contributed by atoms with Crippen LogP contribution in [0.2, 0.25) is 0 Å². The molecule has 0 saturated heterocycles. The van der Waals surface area contributed by atoms with Gasteiger partial charge in [-0.2, -0.15) is 0 Å². The number of methoxy groups -OCH3 is 1. The molecule has 0 atom stereocenters. The molecule has 100 valence electrons. The van der Waals surface area contributed by atoms with E-state index in [9.17, 15) is 9.59 Å². The van der Waals surface area contributed by atoms with Gasteiger partial charge < -0.3 is 19.9 Å². The first-order valence-corrected chi connectivity index (χ1v) is 5.47. The zero-order valence-electron chi connectivity index (χ0n) is 10.6. The average Bonchev–Trinajstić information content (AvgIpc) is 2.22. The van der Waals surface area contributed by atoms with Crippen LogP contribution in [0.4, 0.5) is 0 Å². The van der Waals surface area contributed by atoms with Gasteiger partial charge in [0.25, 0.3) is 0 Å². The van der Waals surface area contributed by atoms with E-state index >= 15 is 0 Å². The van der Waals surface area contributed by atoms with E-state index in [-0.39, 0.29) is 12.3 Å². The summed E-state index contributed by atoms with van der Waals surface area (Å²) in [5.74, 6) is -1.27. The van der Waals surface area contributed by atoms with Gasteiger partial charge in [0.15, 0.2) is 0 Å². The number of aliphatic carboxylic acids is 1. The molecule has 1 amide bonds. The highest BCUT2D eigenvalue weighted by atomic mass is 16.5. The molecule has 6 nitrogen and oxygen atoms in total. The van der Waals surface area contributed by atoms with Crippen molar-refractivity contribution in [2.45, 2.75) is 20.3 Å². The molecule has 0 aromatic rings. The van der Waals surface area contributed by atoms with Crippen molar-refractivity contribution in [2.75, 3.05) is 33.5 Å². The summed E-state index contributed by atoms with van der Waals surface area (Å²) < 4.78 is 9.93. The lowest BCUT2D eigenvalue weighted by Crippen LogP contribution is -2.34. The van der Waals surface area contributed by atoms with Gasteiger partial charge in [0, 0.05) is 20.1 Å². The van der Waals surface area contributed by atoms with E-state index in [1.165, 1.54) is 13.8 Å². The summed E-state index contributed by atoms with van der Waals surface area (Å²) >= 11 is 0. The number of hydrogen-bond acceptors (Lipinski definition) is 4. The third kappa shape index (κ3) is 7.70. The fourth-order valence-corrected chi connectivity index (χ4v) is 1.05. The number of hydrogen-bond donors (Lipinski definition) is 2. The Morgan fingerprint density at radius 2 is 1.88 bits per heavy atom. The second-order valence-corrected chi connectivity index (χ2v) is 4.32. The Kier molecular flexibility index (Phi) is 7.49. The van der Waals surface area contributed by atoms with Gasteiger partial charge in [0.05, 0.1) is 25.2 Å². The lowest BCUT2D eigenvalue weighted by atomic mass is 9.89. The summed E-state index contributed by atoms with van der Waals surface area (Å²) in [7, 11) is 1.58. The van der Waals surface area contributed by atoms with Crippen molar-refractivity contribution in [2.24, 2.45) is 5.41 Å². The number of carboxylic acid groups (broad SMARTS) is 1. The maximum absolute atomic E-state index is 11.4. The van der Waals surface area contributed by atoms with Gasteiger partial charge >= 0.3 is 5.97 Å². The standard InChI is InChI=1S/C11H21NO5/c1-11(2,10(14)15)8-9(13)12-4-5-17-7-6-16-3/h4-8H2,1-3H3,(H,12,13)(H,14,15). The molecule has 0 aliphatic rings. The predicted molar refractivity (Wildman–Crippen MR) is 61.7 cm³/mol. The molecule has 0 radical (unpaired) electrons. The smallest absolute Gasteiger partial charge is 0.309 e. The largest absolute Gasteiger partial charge is 0.481 e. The maximum atomic E-state index is 11.4. The average molecular weight is 247 g/mol. The van der Waals surface area contributed by atoms with Crippen LogP contribution in [0.25, 0.3) is 0 Å². The van der Waals surface area contributed by atoms with Crippen molar-refractivity contribution in [1.82, 2.24) is 5.32 Å². The first kappa shape index (κ1) is 15.9. The number of carbonyl (C=O) groups is 2.